The van der Waals surface area contributed by atoms with Crippen LogP contribution in [0.4, 0.5) is 0 Å². The van der Waals surface area contributed by atoms with Gasteiger partial charge in [-0.15, -0.1) is 0 Å². The lowest BCUT2D eigenvalue weighted by Gasteiger charge is -2.29. The third-order valence-corrected chi connectivity index (χ3v) is 3.45. The van der Waals surface area contributed by atoms with Crippen molar-refractivity contribution in [3.05, 3.63) is 10.9 Å². The molecule has 2 rings (SSSR count). The first-order valence-electron chi connectivity index (χ1n) is 4.50. The van der Waals surface area contributed by atoms with E-state index in [1.165, 1.54) is 18.0 Å². The van der Waals surface area contributed by atoms with E-state index in [9.17, 15) is 5.11 Å². The lowest BCUT2D eigenvalue weighted by molar-refractivity contribution is 0.0648. The molecule has 1 N–H and O–H groups in total. The van der Waals surface area contributed by atoms with Crippen LogP contribution in [0.2, 0.25) is 0 Å². The highest BCUT2D eigenvalue weighted by atomic mass is 32.1. The largest absolute Gasteiger partial charge is 0.480 e. The Hall–Kier alpha value is -0.610. The monoisotopic (exact) mass is 199 g/mol. The van der Waals surface area contributed by atoms with Crippen LogP contribution in [0.25, 0.3) is 0 Å². The zero-order chi connectivity index (χ0) is 9.26. The summed E-state index contributed by atoms with van der Waals surface area (Å²) < 4.78 is 9.02. The predicted octanol–water partition coefficient (Wildman–Crippen LogP) is 1.99. The van der Waals surface area contributed by atoms with Gasteiger partial charge in [0.25, 0.3) is 0 Å². The van der Waals surface area contributed by atoms with Gasteiger partial charge < -0.3 is 9.84 Å². The van der Waals surface area contributed by atoms with Gasteiger partial charge in [0.05, 0.1) is 18.1 Å². The van der Waals surface area contributed by atoms with E-state index in [1.54, 1.807) is 7.11 Å². The average Bonchev–Trinajstić information content (AvgIpc) is 2.48. The molecule has 4 heteroatoms. The highest BCUT2D eigenvalue weighted by Gasteiger charge is 2.28. The normalized spacial score (nSPS) is 19.5. The number of aliphatic hydroxyl groups excluding tert-OH is 1. The van der Waals surface area contributed by atoms with Crippen molar-refractivity contribution in [2.75, 3.05) is 7.11 Å². The molecule has 1 aromatic rings. The van der Waals surface area contributed by atoms with Crippen molar-refractivity contribution >= 4 is 11.5 Å². The molecule has 1 unspecified atom stereocenters. The Labute approximate surface area is 81.5 Å². The van der Waals surface area contributed by atoms with Gasteiger partial charge in [0, 0.05) is 6.07 Å². The Kier molecular flexibility index (Phi) is 2.51. The van der Waals surface area contributed by atoms with Gasteiger partial charge in [0.15, 0.2) is 0 Å². The van der Waals surface area contributed by atoms with Gasteiger partial charge in [-0.3, -0.25) is 0 Å². The summed E-state index contributed by atoms with van der Waals surface area (Å²) in [6.07, 6.45) is 3.20. The molecule has 0 bridgehead atoms. The zero-order valence-electron chi connectivity index (χ0n) is 7.56. The second-order valence-corrected chi connectivity index (χ2v) is 4.24. The van der Waals surface area contributed by atoms with Crippen molar-refractivity contribution in [3.63, 3.8) is 0 Å². The van der Waals surface area contributed by atoms with Crippen LogP contribution in [-0.4, -0.2) is 16.6 Å². The van der Waals surface area contributed by atoms with Crippen LogP contribution in [0.5, 0.6) is 5.88 Å². The molecule has 72 valence electrons. The van der Waals surface area contributed by atoms with Gasteiger partial charge in [0.2, 0.25) is 5.88 Å². The molecule has 1 heterocycles. The third kappa shape index (κ3) is 1.69. The molecule has 1 aliphatic carbocycles. The van der Waals surface area contributed by atoms with Crippen LogP contribution in [0.3, 0.4) is 0 Å². The minimum atomic E-state index is -0.324. The molecular formula is C9H13NO2S. The molecule has 0 saturated heterocycles. The van der Waals surface area contributed by atoms with E-state index < -0.39 is 0 Å². The summed E-state index contributed by atoms with van der Waals surface area (Å²) in [4.78, 5) is 0.932. The van der Waals surface area contributed by atoms with Crippen LogP contribution in [0, 0.1) is 5.92 Å². The first kappa shape index (κ1) is 8.97. The summed E-state index contributed by atoms with van der Waals surface area (Å²) in [5.41, 5.74) is 0. The van der Waals surface area contributed by atoms with E-state index in [2.05, 4.69) is 4.37 Å². The molecule has 1 fully saturated rings. The maximum absolute atomic E-state index is 9.86. The fourth-order valence-electron chi connectivity index (χ4n) is 1.50. The Morgan fingerprint density at radius 1 is 1.69 bits per heavy atom. The summed E-state index contributed by atoms with van der Waals surface area (Å²) in [6.45, 7) is 0. The standard InChI is InChI=1S/C9H13NO2S/c1-12-8-5-7(13-10-8)9(11)6-3-2-4-6/h5-6,9,11H,2-4H2,1H3. The van der Waals surface area contributed by atoms with Crippen LogP contribution in [0.1, 0.15) is 30.2 Å². The number of aromatic nitrogens is 1. The quantitative estimate of drug-likeness (QED) is 0.809. The number of ether oxygens (including phenoxy) is 1. The minimum absolute atomic E-state index is 0.324. The van der Waals surface area contributed by atoms with Crippen molar-refractivity contribution in [3.8, 4) is 5.88 Å². The van der Waals surface area contributed by atoms with Crippen LogP contribution in [-0.2, 0) is 0 Å². The van der Waals surface area contributed by atoms with Crippen molar-refractivity contribution < 1.29 is 9.84 Å². The van der Waals surface area contributed by atoms with Crippen LogP contribution in [0.15, 0.2) is 6.07 Å². The fourth-order valence-corrected chi connectivity index (χ4v) is 2.27. The smallest absolute Gasteiger partial charge is 0.225 e. The summed E-state index contributed by atoms with van der Waals surface area (Å²) in [7, 11) is 1.59. The number of rotatable bonds is 3. The van der Waals surface area contributed by atoms with E-state index in [4.69, 9.17) is 4.74 Å². The molecular weight excluding hydrogens is 186 g/mol. The third-order valence-electron chi connectivity index (χ3n) is 2.60. The van der Waals surface area contributed by atoms with E-state index >= 15 is 0 Å². The molecule has 0 spiro atoms. The van der Waals surface area contributed by atoms with E-state index in [0.29, 0.717) is 11.8 Å². The molecule has 1 aliphatic rings. The first-order chi connectivity index (χ1) is 6.31. The van der Waals surface area contributed by atoms with Crippen molar-refractivity contribution in [2.24, 2.45) is 5.92 Å². The van der Waals surface area contributed by atoms with Crippen molar-refractivity contribution in [2.45, 2.75) is 25.4 Å². The summed E-state index contributed by atoms with van der Waals surface area (Å²) in [6, 6.07) is 1.83. The number of nitrogens with zero attached hydrogens (tertiary/aromatic N) is 1. The van der Waals surface area contributed by atoms with Gasteiger partial charge >= 0.3 is 0 Å². The molecule has 1 aromatic heterocycles. The van der Waals surface area contributed by atoms with Crippen LogP contribution < -0.4 is 4.74 Å². The Morgan fingerprint density at radius 2 is 2.46 bits per heavy atom. The fraction of sp³-hybridized carbons (Fsp3) is 0.667. The summed E-state index contributed by atoms with van der Waals surface area (Å²) >= 11 is 1.33. The highest BCUT2D eigenvalue weighted by Crippen LogP contribution is 2.39. The highest BCUT2D eigenvalue weighted by molar-refractivity contribution is 7.06. The molecule has 0 radical (unpaired) electrons. The SMILES string of the molecule is COc1cc(C(O)C2CCC2)sn1. The topological polar surface area (TPSA) is 42.4 Å². The molecule has 1 atom stereocenters. The van der Waals surface area contributed by atoms with Gasteiger partial charge in [-0.25, -0.2) is 0 Å². The molecule has 0 aromatic carbocycles. The minimum Gasteiger partial charge on any atom is -0.480 e. The average molecular weight is 199 g/mol. The summed E-state index contributed by atoms with van der Waals surface area (Å²) in [5.74, 6) is 1.06. The number of hydrogen-bond acceptors (Lipinski definition) is 4. The summed E-state index contributed by atoms with van der Waals surface area (Å²) in [5, 5.41) is 9.86. The van der Waals surface area contributed by atoms with Gasteiger partial charge in [-0.1, -0.05) is 6.42 Å². The Balaban J connectivity index is 2.05. The second-order valence-electron chi connectivity index (χ2n) is 3.41. The van der Waals surface area contributed by atoms with Crippen molar-refractivity contribution in [1.29, 1.82) is 0 Å². The molecule has 3 nitrogen and oxygen atoms in total. The molecule has 0 amide bonds. The molecule has 1 saturated carbocycles. The lowest BCUT2D eigenvalue weighted by atomic mass is 9.81. The van der Waals surface area contributed by atoms with Crippen LogP contribution >= 0.6 is 11.5 Å². The Morgan fingerprint density at radius 3 is 2.92 bits per heavy atom. The molecule has 0 aliphatic heterocycles. The van der Waals surface area contributed by atoms with E-state index in [-0.39, 0.29) is 6.10 Å². The Bertz CT molecular complexity index is 283. The van der Waals surface area contributed by atoms with Crippen molar-refractivity contribution in [1.82, 2.24) is 4.37 Å². The molecule has 13 heavy (non-hydrogen) atoms. The first-order valence-corrected chi connectivity index (χ1v) is 5.27. The lowest BCUT2D eigenvalue weighted by Crippen LogP contribution is -2.19. The predicted molar refractivity (Wildman–Crippen MR) is 51.0 cm³/mol. The number of methoxy groups -OCH3 is 1. The van der Waals surface area contributed by atoms with Gasteiger partial charge in [-0.05, 0) is 30.3 Å². The maximum atomic E-state index is 9.86. The zero-order valence-corrected chi connectivity index (χ0v) is 8.38. The van der Waals surface area contributed by atoms with E-state index in [1.807, 2.05) is 6.07 Å². The second kappa shape index (κ2) is 3.64. The maximum Gasteiger partial charge on any atom is 0.225 e. The van der Waals surface area contributed by atoms with Gasteiger partial charge in [0.1, 0.15) is 0 Å². The van der Waals surface area contributed by atoms with Gasteiger partial charge in [-0.2, -0.15) is 4.37 Å². The van der Waals surface area contributed by atoms with E-state index in [0.717, 1.165) is 17.7 Å². The number of hydrogen-bond donors (Lipinski definition) is 1. The number of aliphatic hydroxyl groups is 1.